The van der Waals surface area contributed by atoms with E-state index in [1.54, 1.807) is 5.06 Å². The number of esters is 1. The van der Waals surface area contributed by atoms with Crippen LogP contribution in [-0.2, 0) is 35.2 Å². The van der Waals surface area contributed by atoms with Crippen LogP contribution in [0.2, 0.25) is 0 Å². The lowest BCUT2D eigenvalue weighted by Crippen LogP contribution is -2.58. The Morgan fingerprint density at radius 1 is 1.25 bits per heavy atom. The molecule has 5 rings (SSSR count). The maximum atomic E-state index is 13.4. The van der Waals surface area contributed by atoms with Crippen molar-refractivity contribution in [3.63, 3.8) is 0 Å². The molecule has 32 heavy (non-hydrogen) atoms. The van der Waals surface area contributed by atoms with Crippen LogP contribution in [0.15, 0.2) is 24.3 Å². The second-order valence-electron chi connectivity index (χ2n) is 8.93. The second-order valence-corrected chi connectivity index (χ2v) is 10.2. The number of nitrogens with two attached hydrogens (primary N) is 1. The van der Waals surface area contributed by atoms with E-state index in [4.69, 9.17) is 20.0 Å². The van der Waals surface area contributed by atoms with Crippen LogP contribution >= 0.6 is 22.6 Å². The molecular formula is C22H26IN3O6. The summed E-state index contributed by atoms with van der Waals surface area (Å²) in [6, 6.07) is 7.33. The van der Waals surface area contributed by atoms with E-state index in [9.17, 15) is 14.4 Å². The lowest BCUT2D eigenvalue weighted by atomic mass is 9.71. The third-order valence-corrected chi connectivity index (χ3v) is 7.43. The molecule has 172 valence electrons. The highest BCUT2D eigenvalue weighted by molar-refractivity contribution is 14.1. The number of epoxide rings is 1. The molecule has 0 spiro atoms. The van der Waals surface area contributed by atoms with Gasteiger partial charge in [0.2, 0.25) is 5.91 Å². The number of nitrogens with one attached hydrogen (secondary N) is 1. The highest BCUT2D eigenvalue weighted by Gasteiger charge is 2.76. The number of hydrogen-bond donors (Lipinski definition) is 2. The number of nitrogens with zero attached hydrogens (tertiary/aromatic N) is 1. The minimum atomic E-state index is -1.19. The number of unbranched alkanes of at least 4 members (excludes halogenated alkanes) is 2. The quantitative estimate of drug-likeness (QED) is 0.202. The number of carbonyl (C=O) groups excluding carboxylic acids is 3. The summed E-state index contributed by atoms with van der Waals surface area (Å²) >= 11 is 2.24. The van der Waals surface area contributed by atoms with Crippen LogP contribution in [0.25, 0.3) is 0 Å². The van der Waals surface area contributed by atoms with Crippen molar-refractivity contribution in [2.24, 2.45) is 11.7 Å². The molecule has 0 radical (unpaired) electrons. The van der Waals surface area contributed by atoms with Gasteiger partial charge in [-0.25, -0.2) is 0 Å². The summed E-state index contributed by atoms with van der Waals surface area (Å²) in [5.41, 5.74) is 4.98. The van der Waals surface area contributed by atoms with Gasteiger partial charge in [0, 0.05) is 23.0 Å². The van der Waals surface area contributed by atoms with Crippen LogP contribution in [-0.4, -0.2) is 59.3 Å². The predicted octanol–water partition coefficient (Wildman–Crippen LogP) is 1.02. The predicted molar refractivity (Wildman–Crippen MR) is 120 cm³/mol. The Morgan fingerprint density at radius 2 is 2.09 bits per heavy atom. The molecule has 1 aromatic carbocycles. The molecule has 3 heterocycles. The number of amides is 2. The van der Waals surface area contributed by atoms with Crippen LogP contribution in [0.5, 0.6) is 0 Å². The minimum absolute atomic E-state index is 0.137. The third-order valence-electron chi connectivity index (χ3n) is 6.76. The third kappa shape index (κ3) is 3.91. The molecule has 9 nitrogen and oxygen atoms in total. The second kappa shape index (κ2) is 8.54. The van der Waals surface area contributed by atoms with Gasteiger partial charge in [-0.3, -0.25) is 19.2 Å². The van der Waals surface area contributed by atoms with Gasteiger partial charge in [-0.1, -0.05) is 18.6 Å². The van der Waals surface area contributed by atoms with E-state index in [2.05, 4.69) is 27.9 Å². The molecular weight excluding hydrogens is 529 g/mol. The summed E-state index contributed by atoms with van der Waals surface area (Å²) in [6.07, 6.45) is 2.22. The summed E-state index contributed by atoms with van der Waals surface area (Å²) in [6.45, 7) is 0.851. The number of benzene rings is 1. The lowest BCUT2D eigenvalue weighted by molar-refractivity contribution is -0.229. The van der Waals surface area contributed by atoms with Gasteiger partial charge in [-0.15, -0.1) is 0 Å². The van der Waals surface area contributed by atoms with Crippen LogP contribution in [0.1, 0.15) is 37.7 Å². The molecule has 1 saturated carbocycles. The topological polar surface area (TPSA) is 123 Å². The Bertz CT molecular complexity index is 944. The number of hydroxylamine groups is 2. The highest BCUT2D eigenvalue weighted by atomic mass is 127. The van der Waals surface area contributed by atoms with Crippen LogP contribution in [0.4, 0.5) is 0 Å². The summed E-state index contributed by atoms with van der Waals surface area (Å²) in [7, 11) is 0. The molecule has 3 N–H and O–H groups in total. The molecule has 2 amide bonds. The number of halogens is 1. The van der Waals surface area contributed by atoms with E-state index in [0.29, 0.717) is 32.4 Å². The molecule has 4 aliphatic rings. The SMILES string of the molecule is NC(=O)CCCCCNC(=O)[C@]12C[C@@H]3O[C@@H]3[C@H]3OC(=O)[C@H]([C@H]31)N(Cc1cccc(I)c1)O2. The van der Waals surface area contributed by atoms with Crippen molar-refractivity contribution < 1.29 is 28.7 Å². The standard InChI is InChI=1S/C22H26IN3O6/c23-13-6-4-5-12(9-13)11-26-17-16-19(31-20(17)28)18-14(30-18)10-22(16,32-26)21(29)25-8-3-1-2-7-15(24)27/h4-6,9,14,16-19H,1-3,7-8,10-11H2,(H2,24,27)(H,25,29)/t14-,16+,17-,18-,19-,22-/m0/s1. The number of hydrogen-bond acceptors (Lipinski definition) is 7. The fourth-order valence-electron chi connectivity index (χ4n) is 5.28. The first-order valence-corrected chi connectivity index (χ1v) is 12.1. The van der Waals surface area contributed by atoms with Gasteiger partial charge in [0.15, 0.2) is 5.60 Å². The zero-order valence-electron chi connectivity index (χ0n) is 17.5. The Hall–Kier alpha value is -1.76. The van der Waals surface area contributed by atoms with E-state index >= 15 is 0 Å². The molecule has 1 aromatic rings. The molecule has 6 atom stereocenters. The van der Waals surface area contributed by atoms with E-state index in [1.165, 1.54) is 0 Å². The van der Waals surface area contributed by atoms with Gasteiger partial charge in [-0.2, -0.15) is 5.06 Å². The van der Waals surface area contributed by atoms with Crippen molar-refractivity contribution in [2.45, 2.75) is 68.6 Å². The first kappa shape index (κ1) is 22.1. The monoisotopic (exact) mass is 555 g/mol. The Labute approximate surface area is 199 Å². The zero-order valence-corrected chi connectivity index (χ0v) is 19.7. The van der Waals surface area contributed by atoms with Gasteiger partial charge in [0.1, 0.15) is 18.2 Å². The Balaban J connectivity index is 1.31. The maximum absolute atomic E-state index is 13.4. The number of primary amides is 1. The van der Waals surface area contributed by atoms with Crippen molar-refractivity contribution in [3.05, 3.63) is 33.4 Å². The number of carbonyl (C=O) groups is 3. The van der Waals surface area contributed by atoms with E-state index in [1.807, 2.05) is 24.3 Å². The first-order chi connectivity index (χ1) is 15.4. The fraction of sp³-hybridized carbons (Fsp3) is 0.591. The van der Waals surface area contributed by atoms with Crippen molar-refractivity contribution in [2.75, 3.05) is 6.54 Å². The van der Waals surface area contributed by atoms with Gasteiger partial charge >= 0.3 is 5.97 Å². The van der Waals surface area contributed by atoms with Crippen LogP contribution in [0.3, 0.4) is 0 Å². The number of fused-ring (bicyclic) bond motifs is 2. The number of rotatable bonds is 9. The molecule has 3 saturated heterocycles. The molecule has 4 fully saturated rings. The van der Waals surface area contributed by atoms with Gasteiger partial charge in [0.05, 0.1) is 18.6 Å². The fourth-order valence-corrected chi connectivity index (χ4v) is 5.89. The van der Waals surface area contributed by atoms with Gasteiger partial charge in [0.25, 0.3) is 5.91 Å². The van der Waals surface area contributed by atoms with Gasteiger partial charge in [-0.05, 0) is 53.1 Å². The van der Waals surface area contributed by atoms with Crippen molar-refractivity contribution in [3.8, 4) is 0 Å². The average Bonchev–Trinajstić information content (AvgIpc) is 3.31. The summed E-state index contributed by atoms with van der Waals surface area (Å²) < 4.78 is 12.5. The minimum Gasteiger partial charge on any atom is -0.458 e. The van der Waals surface area contributed by atoms with Gasteiger partial charge < -0.3 is 20.5 Å². The smallest absolute Gasteiger partial charge is 0.326 e. The Morgan fingerprint density at radius 3 is 2.88 bits per heavy atom. The highest BCUT2D eigenvalue weighted by Crippen LogP contribution is 2.57. The lowest BCUT2D eigenvalue weighted by Gasteiger charge is -2.35. The number of ether oxygens (including phenoxy) is 2. The van der Waals surface area contributed by atoms with E-state index in [-0.39, 0.29) is 30.0 Å². The zero-order chi connectivity index (χ0) is 22.5. The summed E-state index contributed by atoms with van der Waals surface area (Å²) in [5.74, 6) is -1.31. The van der Waals surface area contributed by atoms with Crippen molar-refractivity contribution in [1.82, 2.24) is 10.4 Å². The van der Waals surface area contributed by atoms with Crippen LogP contribution < -0.4 is 11.1 Å². The largest absolute Gasteiger partial charge is 0.458 e. The van der Waals surface area contributed by atoms with Crippen LogP contribution in [0, 0.1) is 9.49 Å². The normalized spacial score (nSPS) is 34.5. The first-order valence-electron chi connectivity index (χ1n) is 11.0. The molecule has 10 heteroatoms. The molecule has 3 aliphatic heterocycles. The maximum Gasteiger partial charge on any atom is 0.326 e. The average molecular weight is 555 g/mol. The molecule has 0 unspecified atom stereocenters. The summed E-state index contributed by atoms with van der Waals surface area (Å²) in [5, 5.41) is 4.62. The summed E-state index contributed by atoms with van der Waals surface area (Å²) in [4.78, 5) is 43.4. The Kier molecular flexibility index (Phi) is 5.89. The molecule has 1 aliphatic carbocycles. The van der Waals surface area contributed by atoms with Crippen molar-refractivity contribution >= 4 is 40.4 Å². The molecule has 0 bridgehead atoms. The van der Waals surface area contributed by atoms with E-state index < -0.39 is 23.7 Å². The molecule has 0 aromatic heterocycles. The van der Waals surface area contributed by atoms with Crippen molar-refractivity contribution in [1.29, 1.82) is 0 Å². The van der Waals surface area contributed by atoms with E-state index in [0.717, 1.165) is 22.0 Å².